The van der Waals surface area contributed by atoms with Gasteiger partial charge >= 0.3 is 0 Å². The van der Waals surface area contributed by atoms with Crippen molar-refractivity contribution in [2.24, 2.45) is 0 Å². The maximum absolute atomic E-state index is 10.8. The van der Waals surface area contributed by atoms with Gasteiger partial charge in [-0.05, 0) is 24.6 Å². The number of carbonyl (C=O) groups excluding carboxylic acids is 1. The minimum atomic E-state index is -0.494. The molecule has 6 heteroatoms. The van der Waals surface area contributed by atoms with E-state index in [9.17, 15) is 14.9 Å². The van der Waals surface area contributed by atoms with Gasteiger partial charge in [0.05, 0.1) is 11.0 Å². The molecule has 2 aromatic rings. The van der Waals surface area contributed by atoms with Gasteiger partial charge in [0.2, 0.25) is 0 Å². The molecule has 0 radical (unpaired) electrons. The molecule has 0 atom stereocenters. The van der Waals surface area contributed by atoms with Gasteiger partial charge in [0.25, 0.3) is 5.69 Å². The van der Waals surface area contributed by atoms with Crippen molar-refractivity contribution in [3.05, 3.63) is 62.1 Å². The van der Waals surface area contributed by atoms with E-state index in [4.69, 9.17) is 4.74 Å². The molecule has 102 valence electrons. The predicted octanol–water partition coefficient (Wildman–Crippen LogP) is 4.27. The van der Waals surface area contributed by atoms with Crippen molar-refractivity contribution >= 4 is 27.9 Å². The zero-order valence-corrected chi connectivity index (χ0v) is 12.1. The number of hydrogen-bond donors (Lipinski definition) is 0. The van der Waals surface area contributed by atoms with Gasteiger partial charge in [-0.15, -0.1) is 0 Å². The highest BCUT2D eigenvalue weighted by Gasteiger charge is 2.11. The molecule has 0 bridgehead atoms. The van der Waals surface area contributed by atoms with Crippen molar-refractivity contribution in [1.29, 1.82) is 0 Å². The first kappa shape index (κ1) is 14.2. The molecule has 0 aromatic heterocycles. The van der Waals surface area contributed by atoms with Crippen molar-refractivity contribution in [2.45, 2.75) is 6.92 Å². The number of nitro groups is 1. The molecule has 0 aliphatic heterocycles. The van der Waals surface area contributed by atoms with Crippen LogP contribution in [0.5, 0.6) is 11.5 Å². The highest BCUT2D eigenvalue weighted by molar-refractivity contribution is 9.10. The van der Waals surface area contributed by atoms with Crippen molar-refractivity contribution < 1.29 is 14.5 Å². The summed E-state index contributed by atoms with van der Waals surface area (Å²) in [5.41, 5.74) is 1.24. The van der Waals surface area contributed by atoms with E-state index in [2.05, 4.69) is 15.9 Å². The number of hydrogen-bond acceptors (Lipinski definition) is 4. The summed E-state index contributed by atoms with van der Waals surface area (Å²) in [6, 6.07) is 9.37. The van der Waals surface area contributed by atoms with E-state index in [1.54, 1.807) is 24.3 Å². The molecule has 0 amide bonds. The van der Waals surface area contributed by atoms with Crippen LogP contribution in [-0.2, 0) is 0 Å². The van der Waals surface area contributed by atoms with E-state index in [1.807, 2.05) is 6.92 Å². The van der Waals surface area contributed by atoms with E-state index >= 15 is 0 Å². The maximum atomic E-state index is 10.8. The molecule has 0 aliphatic carbocycles. The van der Waals surface area contributed by atoms with Gasteiger partial charge in [-0.2, -0.15) is 0 Å². The number of carbonyl (C=O) groups is 1. The molecule has 2 aromatic carbocycles. The van der Waals surface area contributed by atoms with Crippen molar-refractivity contribution in [2.75, 3.05) is 0 Å². The molecule has 0 fully saturated rings. The summed E-state index contributed by atoms with van der Waals surface area (Å²) >= 11 is 3.20. The van der Waals surface area contributed by atoms with Gasteiger partial charge in [0, 0.05) is 16.1 Å². The second-order valence-electron chi connectivity index (χ2n) is 4.15. The largest absolute Gasteiger partial charge is 0.457 e. The van der Waals surface area contributed by atoms with Crippen LogP contribution in [0.4, 0.5) is 5.69 Å². The first-order chi connectivity index (χ1) is 9.49. The van der Waals surface area contributed by atoms with Gasteiger partial charge < -0.3 is 4.74 Å². The Kier molecular flexibility index (Phi) is 4.14. The fourth-order valence-corrected chi connectivity index (χ4v) is 2.10. The van der Waals surface area contributed by atoms with E-state index in [-0.39, 0.29) is 5.69 Å². The van der Waals surface area contributed by atoms with E-state index in [1.165, 1.54) is 12.1 Å². The molecule has 0 aliphatic rings. The topological polar surface area (TPSA) is 69.4 Å². The third-order valence-electron chi connectivity index (χ3n) is 2.64. The Morgan fingerprint density at radius 3 is 2.65 bits per heavy atom. The lowest BCUT2D eigenvalue weighted by Crippen LogP contribution is -1.92. The van der Waals surface area contributed by atoms with Crippen LogP contribution < -0.4 is 4.74 Å². The van der Waals surface area contributed by atoms with Gasteiger partial charge in [-0.3, -0.25) is 14.9 Å². The second kappa shape index (κ2) is 5.83. The number of aryl methyl sites for hydroxylation is 1. The molecule has 0 saturated heterocycles. The number of benzene rings is 2. The summed E-state index contributed by atoms with van der Waals surface area (Å²) < 4.78 is 6.18. The maximum Gasteiger partial charge on any atom is 0.274 e. The first-order valence-corrected chi connectivity index (χ1v) is 6.47. The van der Waals surface area contributed by atoms with E-state index in [0.717, 1.165) is 11.8 Å². The average molecular weight is 336 g/mol. The number of rotatable bonds is 4. The summed E-state index contributed by atoms with van der Waals surface area (Å²) in [5, 5.41) is 10.8. The van der Waals surface area contributed by atoms with Gasteiger partial charge in [0.1, 0.15) is 17.8 Å². The van der Waals surface area contributed by atoms with Crippen molar-refractivity contribution in [3.63, 3.8) is 0 Å². The normalized spacial score (nSPS) is 10.1. The van der Waals surface area contributed by atoms with Crippen LogP contribution in [0.15, 0.2) is 40.9 Å². The number of halogens is 1. The number of aldehydes is 1. The Morgan fingerprint density at radius 1 is 1.25 bits per heavy atom. The summed E-state index contributed by atoms with van der Waals surface area (Å²) in [5.74, 6) is 0.819. The molecular formula is C14H10BrNO4. The standard InChI is InChI=1S/C14H10BrNO4/c1-9-2-3-10(8-17)4-14(9)20-13-6-11(15)5-12(7-13)16(18)19/h2-8H,1H3. The quantitative estimate of drug-likeness (QED) is 0.475. The Balaban J connectivity index is 2.39. The SMILES string of the molecule is Cc1ccc(C=O)cc1Oc1cc(Br)cc([N+](=O)[O-])c1. The number of nitrogens with zero attached hydrogens (tertiary/aromatic N) is 1. The van der Waals surface area contributed by atoms with Crippen LogP contribution in [0.25, 0.3) is 0 Å². The third-order valence-corrected chi connectivity index (χ3v) is 3.10. The molecule has 0 heterocycles. The number of nitro benzene ring substituents is 1. The molecule has 2 rings (SSSR count). The van der Waals surface area contributed by atoms with Gasteiger partial charge in [-0.25, -0.2) is 0 Å². The zero-order valence-electron chi connectivity index (χ0n) is 10.5. The monoisotopic (exact) mass is 335 g/mol. The first-order valence-electron chi connectivity index (χ1n) is 5.68. The molecule has 0 N–H and O–H groups in total. The highest BCUT2D eigenvalue weighted by Crippen LogP contribution is 2.31. The molecule has 0 saturated carbocycles. The Hall–Kier alpha value is -2.21. The van der Waals surface area contributed by atoms with Gasteiger partial charge in [0.15, 0.2) is 0 Å². The van der Waals surface area contributed by atoms with Gasteiger partial charge in [-0.1, -0.05) is 28.1 Å². The van der Waals surface area contributed by atoms with Crippen LogP contribution in [0, 0.1) is 17.0 Å². The number of ether oxygens (including phenoxy) is 1. The van der Waals surface area contributed by atoms with Crippen LogP contribution in [0.3, 0.4) is 0 Å². The van der Waals surface area contributed by atoms with E-state index < -0.39 is 4.92 Å². The summed E-state index contributed by atoms with van der Waals surface area (Å²) in [4.78, 5) is 21.1. The third kappa shape index (κ3) is 3.21. The van der Waals surface area contributed by atoms with Crippen molar-refractivity contribution in [3.8, 4) is 11.5 Å². The fraction of sp³-hybridized carbons (Fsp3) is 0.0714. The second-order valence-corrected chi connectivity index (χ2v) is 5.06. The molecular weight excluding hydrogens is 326 g/mol. The Bertz CT molecular complexity index is 685. The van der Waals surface area contributed by atoms with Crippen LogP contribution in [0.2, 0.25) is 0 Å². The van der Waals surface area contributed by atoms with Crippen molar-refractivity contribution in [1.82, 2.24) is 0 Å². The minimum absolute atomic E-state index is 0.0708. The highest BCUT2D eigenvalue weighted by atomic mass is 79.9. The fourth-order valence-electron chi connectivity index (χ4n) is 1.64. The van der Waals surface area contributed by atoms with E-state index in [0.29, 0.717) is 21.5 Å². The predicted molar refractivity (Wildman–Crippen MR) is 77.4 cm³/mol. The summed E-state index contributed by atoms with van der Waals surface area (Å²) in [7, 11) is 0. The Labute approximate surface area is 123 Å². The number of non-ortho nitro benzene ring substituents is 1. The lowest BCUT2D eigenvalue weighted by atomic mass is 10.1. The van der Waals surface area contributed by atoms with Crippen LogP contribution in [-0.4, -0.2) is 11.2 Å². The molecule has 0 spiro atoms. The van der Waals surface area contributed by atoms with Crippen LogP contribution in [0.1, 0.15) is 15.9 Å². The summed E-state index contributed by atoms with van der Waals surface area (Å²) in [6.45, 7) is 1.83. The minimum Gasteiger partial charge on any atom is -0.457 e. The lowest BCUT2D eigenvalue weighted by Gasteiger charge is -2.09. The lowest BCUT2D eigenvalue weighted by molar-refractivity contribution is -0.385. The molecule has 5 nitrogen and oxygen atoms in total. The smallest absolute Gasteiger partial charge is 0.274 e. The van der Waals surface area contributed by atoms with Crippen LogP contribution >= 0.6 is 15.9 Å². The Morgan fingerprint density at radius 2 is 2.00 bits per heavy atom. The molecule has 20 heavy (non-hydrogen) atoms. The zero-order chi connectivity index (χ0) is 14.7. The summed E-state index contributed by atoms with van der Waals surface area (Å²) in [6.07, 6.45) is 0.718. The average Bonchev–Trinajstić information content (AvgIpc) is 2.40. The molecule has 0 unspecified atom stereocenters.